The van der Waals surface area contributed by atoms with Gasteiger partial charge in [0.15, 0.2) is 5.69 Å². The van der Waals surface area contributed by atoms with Crippen molar-refractivity contribution in [2.24, 2.45) is 0 Å². The predicted molar refractivity (Wildman–Crippen MR) is 91.1 cm³/mol. The minimum Gasteiger partial charge on any atom is -0.395 e. The molecule has 0 saturated carbocycles. The molecule has 2 aromatic rings. The molecular formula is C15H22N8O2. The van der Waals surface area contributed by atoms with E-state index in [9.17, 15) is 4.79 Å². The number of nitrogens with two attached hydrogens (primary N) is 1. The maximum atomic E-state index is 11.9. The lowest BCUT2D eigenvalue weighted by Gasteiger charge is -2.33. The first kappa shape index (κ1) is 17.1. The van der Waals surface area contributed by atoms with E-state index in [4.69, 9.17) is 10.8 Å². The number of aromatic nitrogens is 5. The van der Waals surface area contributed by atoms with Crippen LogP contribution in [0.15, 0.2) is 12.3 Å². The summed E-state index contributed by atoms with van der Waals surface area (Å²) in [4.78, 5) is 22.4. The van der Waals surface area contributed by atoms with Crippen molar-refractivity contribution in [3.8, 4) is 0 Å². The smallest absolute Gasteiger partial charge is 0.273 e. The van der Waals surface area contributed by atoms with Crippen molar-refractivity contribution < 1.29 is 9.90 Å². The average molecular weight is 346 g/mol. The Labute approximate surface area is 145 Å². The van der Waals surface area contributed by atoms with E-state index in [2.05, 4.69) is 30.5 Å². The van der Waals surface area contributed by atoms with Gasteiger partial charge in [-0.2, -0.15) is 4.98 Å². The minimum absolute atomic E-state index is 0.0946. The average Bonchev–Trinajstić information content (AvgIpc) is 3.09. The molecule has 4 N–H and O–H groups in total. The summed E-state index contributed by atoms with van der Waals surface area (Å²) in [5.41, 5.74) is 6.82. The first-order chi connectivity index (χ1) is 12.1. The van der Waals surface area contributed by atoms with Crippen molar-refractivity contribution in [3.05, 3.63) is 23.7 Å². The monoisotopic (exact) mass is 346 g/mol. The highest BCUT2D eigenvalue weighted by Gasteiger charge is 2.24. The molecule has 0 aromatic carbocycles. The van der Waals surface area contributed by atoms with E-state index < -0.39 is 0 Å². The Bertz CT molecular complexity index is 727. The van der Waals surface area contributed by atoms with Crippen molar-refractivity contribution in [2.75, 3.05) is 36.9 Å². The fourth-order valence-corrected chi connectivity index (χ4v) is 2.93. The summed E-state index contributed by atoms with van der Waals surface area (Å²) in [7, 11) is 0. The molecule has 0 spiro atoms. The summed E-state index contributed by atoms with van der Waals surface area (Å²) in [6.45, 7) is 3.55. The second-order valence-corrected chi connectivity index (χ2v) is 6.03. The number of amides is 1. The molecule has 1 fully saturated rings. The summed E-state index contributed by atoms with van der Waals surface area (Å²) in [6, 6.07) is 2.01. The SMILES string of the molecule is Cc1cc(N2CCC[C@H](n3cc(C(=O)NCCO)nn3)C2)nc(N)n1. The molecule has 0 aliphatic carbocycles. The highest BCUT2D eigenvalue weighted by atomic mass is 16.3. The molecule has 25 heavy (non-hydrogen) atoms. The molecule has 0 radical (unpaired) electrons. The second-order valence-electron chi connectivity index (χ2n) is 6.03. The van der Waals surface area contributed by atoms with Gasteiger partial charge < -0.3 is 21.1 Å². The largest absolute Gasteiger partial charge is 0.395 e. The predicted octanol–water partition coefficient (Wildman–Crippen LogP) is -0.478. The molecular weight excluding hydrogens is 324 g/mol. The first-order valence-electron chi connectivity index (χ1n) is 8.24. The van der Waals surface area contributed by atoms with Gasteiger partial charge in [-0.1, -0.05) is 5.21 Å². The summed E-state index contributed by atoms with van der Waals surface area (Å²) in [5, 5.41) is 19.3. The number of carbonyl (C=O) groups excluding carboxylic acids is 1. The second kappa shape index (κ2) is 7.43. The van der Waals surface area contributed by atoms with Gasteiger partial charge >= 0.3 is 0 Å². The van der Waals surface area contributed by atoms with Crippen LogP contribution in [0.4, 0.5) is 11.8 Å². The molecule has 10 nitrogen and oxygen atoms in total. The normalized spacial score (nSPS) is 17.5. The Hall–Kier alpha value is -2.75. The van der Waals surface area contributed by atoms with Crippen molar-refractivity contribution in [3.63, 3.8) is 0 Å². The number of rotatable bonds is 5. The van der Waals surface area contributed by atoms with Gasteiger partial charge in [0.1, 0.15) is 5.82 Å². The maximum Gasteiger partial charge on any atom is 0.273 e. The number of aliphatic hydroxyl groups is 1. The molecule has 1 atom stereocenters. The lowest BCUT2D eigenvalue weighted by Crippen LogP contribution is -2.37. The van der Waals surface area contributed by atoms with Crippen LogP contribution in [0.1, 0.15) is 35.1 Å². The molecule has 1 amide bonds. The van der Waals surface area contributed by atoms with Crippen LogP contribution in [0.3, 0.4) is 0 Å². The Morgan fingerprint density at radius 2 is 2.32 bits per heavy atom. The molecule has 1 aliphatic rings. The number of carbonyl (C=O) groups is 1. The molecule has 1 saturated heterocycles. The molecule has 0 bridgehead atoms. The number of aliphatic hydroxyl groups excluding tert-OH is 1. The Morgan fingerprint density at radius 1 is 1.48 bits per heavy atom. The van der Waals surface area contributed by atoms with E-state index >= 15 is 0 Å². The van der Waals surface area contributed by atoms with Crippen LogP contribution in [-0.2, 0) is 0 Å². The molecule has 0 unspecified atom stereocenters. The number of nitrogens with zero attached hydrogens (tertiary/aromatic N) is 6. The summed E-state index contributed by atoms with van der Waals surface area (Å²) in [6.07, 6.45) is 3.55. The van der Waals surface area contributed by atoms with Crippen LogP contribution in [0.2, 0.25) is 0 Å². The summed E-state index contributed by atoms with van der Waals surface area (Å²) >= 11 is 0. The summed E-state index contributed by atoms with van der Waals surface area (Å²) < 4.78 is 1.72. The van der Waals surface area contributed by atoms with Gasteiger partial charge in [-0.05, 0) is 19.8 Å². The minimum atomic E-state index is -0.341. The molecule has 3 rings (SSSR count). The zero-order chi connectivity index (χ0) is 17.8. The lowest BCUT2D eigenvalue weighted by molar-refractivity contribution is 0.0939. The van der Waals surface area contributed by atoms with Gasteiger partial charge in [-0.15, -0.1) is 5.10 Å². The standard InChI is InChI=1S/C15H22N8O2/c1-10-7-13(19-15(16)18-10)22-5-2-3-11(8-22)23-9-12(20-21-23)14(25)17-4-6-24/h7,9,11,24H,2-6,8H2,1H3,(H,17,25)(H2,16,18,19)/t11-/m0/s1. The van der Waals surface area contributed by atoms with Crippen LogP contribution < -0.4 is 16.0 Å². The molecule has 1 aliphatic heterocycles. The number of nitrogens with one attached hydrogen (secondary N) is 1. The molecule has 10 heteroatoms. The third-order valence-electron chi connectivity index (χ3n) is 4.09. The Balaban J connectivity index is 1.71. The van der Waals surface area contributed by atoms with Crippen LogP contribution in [0, 0.1) is 6.92 Å². The van der Waals surface area contributed by atoms with E-state index in [-0.39, 0.29) is 36.7 Å². The van der Waals surface area contributed by atoms with Crippen LogP contribution >= 0.6 is 0 Å². The third kappa shape index (κ3) is 4.02. The fraction of sp³-hybridized carbons (Fsp3) is 0.533. The number of anilines is 2. The zero-order valence-corrected chi connectivity index (χ0v) is 14.1. The quantitative estimate of drug-likeness (QED) is 0.661. The first-order valence-corrected chi connectivity index (χ1v) is 8.24. The number of hydrogen-bond acceptors (Lipinski definition) is 8. The van der Waals surface area contributed by atoms with Crippen LogP contribution in [0.25, 0.3) is 0 Å². The number of piperidine rings is 1. The summed E-state index contributed by atoms with van der Waals surface area (Å²) in [5.74, 6) is 0.726. The van der Waals surface area contributed by atoms with Gasteiger partial charge in [0.2, 0.25) is 5.95 Å². The zero-order valence-electron chi connectivity index (χ0n) is 14.1. The van der Waals surface area contributed by atoms with Gasteiger partial charge in [-0.25, -0.2) is 9.67 Å². The van der Waals surface area contributed by atoms with Gasteiger partial charge in [0, 0.05) is 31.4 Å². The van der Waals surface area contributed by atoms with Crippen molar-refractivity contribution >= 4 is 17.7 Å². The van der Waals surface area contributed by atoms with E-state index in [1.165, 1.54) is 0 Å². The number of nitrogen functional groups attached to an aromatic ring is 1. The number of hydrogen-bond donors (Lipinski definition) is 3. The van der Waals surface area contributed by atoms with E-state index in [0.717, 1.165) is 30.9 Å². The van der Waals surface area contributed by atoms with E-state index in [1.54, 1.807) is 10.9 Å². The Morgan fingerprint density at radius 3 is 3.08 bits per heavy atom. The third-order valence-corrected chi connectivity index (χ3v) is 4.09. The van der Waals surface area contributed by atoms with Gasteiger partial charge in [0.05, 0.1) is 18.8 Å². The van der Waals surface area contributed by atoms with Crippen molar-refractivity contribution in [2.45, 2.75) is 25.8 Å². The molecule has 134 valence electrons. The number of aryl methyl sites for hydroxylation is 1. The molecule has 2 aromatic heterocycles. The van der Waals surface area contributed by atoms with Crippen LogP contribution in [-0.4, -0.2) is 62.2 Å². The highest BCUT2D eigenvalue weighted by molar-refractivity contribution is 5.91. The maximum absolute atomic E-state index is 11.9. The van der Waals surface area contributed by atoms with E-state index in [0.29, 0.717) is 6.54 Å². The van der Waals surface area contributed by atoms with E-state index in [1.807, 2.05) is 13.0 Å². The topological polar surface area (TPSA) is 135 Å². The van der Waals surface area contributed by atoms with Crippen molar-refractivity contribution in [1.82, 2.24) is 30.3 Å². The van der Waals surface area contributed by atoms with Gasteiger partial charge in [-0.3, -0.25) is 4.79 Å². The van der Waals surface area contributed by atoms with Crippen LogP contribution in [0.5, 0.6) is 0 Å². The fourth-order valence-electron chi connectivity index (χ4n) is 2.93. The molecule has 3 heterocycles. The lowest BCUT2D eigenvalue weighted by atomic mass is 10.1. The Kier molecular flexibility index (Phi) is 5.08. The van der Waals surface area contributed by atoms with Gasteiger partial charge in [0.25, 0.3) is 5.91 Å². The van der Waals surface area contributed by atoms with Crippen molar-refractivity contribution in [1.29, 1.82) is 0 Å². The highest BCUT2D eigenvalue weighted by Crippen LogP contribution is 2.25.